The number of rotatable bonds is 2. The lowest BCUT2D eigenvalue weighted by molar-refractivity contribution is 0.592. The summed E-state index contributed by atoms with van der Waals surface area (Å²) in [5.74, 6) is -0.249. The maximum Gasteiger partial charge on any atom is 0.146 e. The summed E-state index contributed by atoms with van der Waals surface area (Å²) in [7, 11) is 0. The van der Waals surface area contributed by atoms with Crippen molar-refractivity contribution in [2.24, 2.45) is 0 Å². The molecule has 0 amide bonds. The molecule has 0 fully saturated rings. The molecule has 0 spiro atoms. The quantitative estimate of drug-likeness (QED) is 0.636. The van der Waals surface area contributed by atoms with Crippen molar-refractivity contribution in [1.82, 2.24) is 0 Å². The molecule has 19 heavy (non-hydrogen) atoms. The molecule has 1 aliphatic carbocycles. The van der Waals surface area contributed by atoms with Gasteiger partial charge >= 0.3 is 0 Å². The van der Waals surface area contributed by atoms with Crippen LogP contribution < -0.4 is 5.32 Å². The molecule has 1 aromatic heterocycles. The summed E-state index contributed by atoms with van der Waals surface area (Å²) in [6.07, 6.45) is 3.31. The number of hydrogen-bond donors (Lipinski definition) is 1. The van der Waals surface area contributed by atoms with Crippen molar-refractivity contribution in [2.75, 3.05) is 5.32 Å². The van der Waals surface area contributed by atoms with Crippen molar-refractivity contribution in [1.29, 1.82) is 0 Å². The highest BCUT2D eigenvalue weighted by Gasteiger charge is 2.23. The first-order valence-electron chi connectivity index (χ1n) is 6.13. The number of hydrogen-bond acceptors (Lipinski definition) is 2. The Balaban J connectivity index is 1.90. The van der Waals surface area contributed by atoms with Crippen LogP contribution in [0.3, 0.4) is 0 Å². The molecule has 1 aromatic carbocycles. The first-order valence-corrected chi connectivity index (χ1v) is 8.40. The van der Waals surface area contributed by atoms with Crippen molar-refractivity contribution >= 4 is 51.2 Å². The molecule has 1 N–H and O–H groups in total. The van der Waals surface area contributed by atoms with Crippen LogP contribution in [0.1, 0.15) is 29.3 Å². The Morgan fingerprint density at radius 3 is 3.05 bits per heavy atom. The molecule has 2 aromatic rings. The molecule has 1 unspecified atom stereocenters. The molecule has 0 saturated heterocycles. The molecular weight excluding hydrogens is 396 g/mol. The van der Waals surface area contributed by atoms with Crippen LogP contribution >= 0.6 is 45.5 Å². The molecule has 0 radical (unpaired) electrons. The van der Waals surface area contributed by atoms with Crippen molar-refractivity contribution < 1.29 is 4.39 Å². The Bertz CT molecular complexity index is 613. The lowest BCUT2D eigenvalue weighted by Crippen LogP contribution is -2.16. The van der Waals surface area contributed by atoms with E-state index in [4.69, 9.17) is 11.6 Å². The minimum absolute atomic E-state index is 0.191. The van der Waals surface area contributed by atoms with Crippen LogP contribution in [0.4, 0.5) is 10.1 Å². The van der Waals surface area contributed by atoms with Crippen LogP contribution in [0.25, 0.3) is 0 Å². The second kappa shape index (κ2) is 5.58. The average molecular weight is 408 g/mol. The van der Waals surface area contributed by atoms with Crippen LogP contribution in [0.2, 0.25) is 5.02 Å². The molecule has 1 nitrogen and oxygen atoms in total. The van der Waals surface area contributed by atoms with Crippen LogP contribution in [-0.4, -0.2) is 0 Å². The minimum Gasteiger partial charge on any atom is -0.376 e. The number of halogens is 3. The van der Waals surface area contributed by atoms with Gasteiger partial charge in [0, 0.05) is 9.90 Å². The third-order valence-corrected chi connectivity index (χ3v) is 5.55. The van der Waals surface area contributed by atoms with Gasteiger partial charge in [0.25, 0.3) is 0 Å². The van der Waals surface area contributed by atoms with E-state index in [0.717, 1.165) is 19.3 Å². The first kappa shape index (κ1) is 13.6. The normalized spacial score (nSPS) is 18.2. The topological polar surface area (TPSA) is 12.0 Å². The standard InChI is InChI=1S/C14H12ClFINS/c15-8-4-5-10(16)12(6-8)18-11-2-1-3-13-9(11)7-14(17)19-13/h4-7,11,18H,1-3H2. The second-order valence-electron chi connectivity index (χ2n) is 4.64. The van der Waals surface area contributed by atoms with E-state index < -0.39 is 0 Å². The van der Waals surface area contributed by atoms with E-state index in [0.29, 0.717) is 10.7 Å². The van der Waals surface area contributed by atoms with Crippen molar-refractivity contribution in [3.05, 3.63) is 48.4 Å². The van der Waals surface area contributed by atoms with Crippen molar-refractivity contribution in [2.45, 2.75) is 25.3 Å². The molecule has 0 saturated carbocycles. The summed E-state index contributed by atoms with van der Waals surface area (Å²) in [6, 6.07) is 7.03. The van der Waals surface area contributed by atoms with E-state index in [-0.39, 0.29) is 11.9 Å². The molecule has 3 rings (SSSR count). The molecule has 0 bridgehead atoms. The molecule has 1 heterocycles. The van der Waals surface area contributed by atoms with Gasteiger partial charge in [-0.15, -0.1) is 11.3 Å². The molecule has 0 aliphatic heterocycles. The molecule has 1 aliphatic rings. The van der Waals surface area contributed by atoms with E-state index in [2.05, 4.69) is 34.0 Å². The van der Waals surface area contributed by atoms with Gasteiger partial charge in [0.05, 0.1) is 14.6 Å². The maximum absolute atomic E-state index is 13.8. The van der Waals surface area contributed by atoms with E-state index in [1.807, 2.05) is 11.3 Å². The number of aryl methyl sites for hydroxylation is 1. The lowest BCUT2D eigenvalue weighted by atomic mass is 9.94. The first-order chi connectivity index (χ1) is 9.13. The SMILES string of the molecule is Fc1ccc(Cl)cc1NC1CCCc2sc(I)cc21. The third-order valence-electron chi connectivity index (χ3n) is 3.34. The Hall–Kier alpha value is -0.330. The summed E-state index contributed by atoms with van der Waals surface area (Å²) < 4.78 is 15.1. The predicted octanol–water partition coefficient (Wildman–Crippen LogP) is 5.63. The van der Waals surface area contributed by atoms with E-state index in [1.54, 1.807) is 12.1 Å². The molecule has 1 atom stereocenters. The lowest BCUT2D eigenvalue weighted by Gasteiger charge is -2.25. The monoisotopic (exact) mass is 407 g/mol. The highest BCUT2D eigenvalue weighted by atomic mass is 127. The summed E-state index contributed by atoms with van der Waals surface area (Å²) in [6.45, 7) is 0. The highest BCUT2D eigenvalue weighted by molar-refractivity contribution is 14.1. The van der Waals surface area contributed by atoms with Gasteiger partial charge in [-0.3, -0.25) is 0 Å². The predicted molar refractivity (Wildman–Crippen MR) is 87.7 cm³/mol. The fraction of sp³-hybridized carbons (Fsp3) is 0.286. The van der Waals surface area contributed by atoms with E-state index in [9.17, 15) is 4.39 Å². The van der Waals surface area contributed by atoms with E-state index >= 15 is 0 Å². The molecular formula is C14H12ClFINS. The summed E-state index contributed by atoms with van der Waals surface area (Å²) in [4.78, 5) is 1.43. The fourth-order valence-corrected chi connectivity index (χ4v) is 4.76. The zero-order valence-electron chi connectivity index (χ0n) is 10.1. The Morgan fingerprint density at radius 1 is 1.37 bits per heavy atom. The van der Waals surface area contributed by atoms with Gasteiger partial charge in [0.2, 0.25) is 0 Å². The number of thiophene rings is 1. The van der Waals surface area contributed by atoms with Gasteiger partial charge in [-0.2, -0.15) is 0 Å². The maximum atomic E-state index is 13.8. The van der Waals surface area contributed by atoms with Gasteiger partial charge in [0.15, 0.2) is 0 Å². The third kappa shape index (κ3) is 2.90. The van der Waals surface area contributed by atoms with Gasteiger partial charge in [0.1, 0.15) is 5.82 Å². The van der Waals surface area contributed by atoms with Crippen LogP contribution in [0.15, 0.2) is 24.3 Å². The number of anilines is 1. The van der Waals surface area contributed by atoms with E-state index in [1.165, 1.54) is 19.4 Å². The van der Waals surface area contributed by atoms with Gasteiger partial charge in [-0.05, 0) is 71.7 Å². The fourth-order valence-electron chi connectivity index (χ4n) is 2.47. The molecule has 5 heteroatoms. The van der Waals surface area contributed by atoms with Gasteiger partial charge < -0.3 is 5.32 Å². The van der Waals surface area contributed by atoms with Crippen LogP contribution in [0, 0.1) is 8.70 Å². The van der Waals surface area contributed by atoms with Crippen molar-refractivity contribution in [3.63, 3.8) is 0 Å². The number of nitrogens with one attached hydrogen (secondary N) is 1. The Morgan fingerprint density at radius 2 is 2.21 bits per heavy atom. The summed E-state index contributed by atoms with van der Waals surface area (Å²) in [5, 5.41) is 3.86. The largest absolute Gasteiger partial charge is 0.376 e. The Kier molecular flexibility index (Phi) is 4.01. The molecule has 100 valence electrons. The number of fused-ring (bicyclic) bond motifs is 1. The van der Waals surface area contributed by atoms with Crippen LogP contribution in [0.5, 0.6) is 0 Å². The zero-order valence-corrected chi connectivity index (χ0v) is 13.8. The van der Waals surface area contributed by atoms with Crippen LogP contribution in [-0.2, 0) is 6.42 Å². The van der Waals surface area contributed by atoms with Crippen molar-refractivity contribution in [3.8, 4) is 0 Å². The highest BCUT2D eigenvalue weighted by Crippen LogP contribution is 2.38. The summed E-state index contributed by atoms with van der Waals surface area (Å²) in [5.41, 5.74) is 1.81. The van der Waals surface area contributed by atoms with Gasteiger partial charge in [-0.1, -0.05) is 11.6 Å². The average Bonchev–Trinajstić information content (AvgIpc) is 2.75. The second-order valence-corrected chi connectivity index (χ2v) is 8.11. The zero-order chi connectivity index (χ0) is 13.4. The smallest absolute Gasteiger partial charge is 0.146 e. The Labute approximate surface area is 134 Å². The van der Waals surface area contributed by atoms with Gasteiger partial charge in [-0.25, -0.2) is 4.39 Å². The number of benzene rings is 1. The summed E-state index contributed by atoms with van der Waals surface area (Å²) >= 11 is 10.1. The minimum atomic E-state index is -0.249.